The largest absolute Gasteiger partial charge is 0.353 e. The van der Waals surface area contributed by atoms with Gasteiger partial charge >= 0.3 is 0 Å². The van der Waals surface area contributed by atoms with Crippen molar-refractivity contribution in [2.75, 3.05) is 25.5 Å². The van der Waals surface area contributed by atoms with E-state index in [1.807, 2.05) is 20.8 Å². The van der Waals surface area contributed by atoms with Crippen molar-refractivity contribution >= 4 is 49.9 Å². The molecule has 1 aliphatic heterocycles. The highest BCUT2D eigenvalue weighted by Crippen LogP contribution is 2.34. The van der Waals surface area contributed by atoms with Gasteiger partial charge in [0, 0.05) is 6.61 Å². The first-order valence-electron chi connectivity index (χ1n) is 15.4. The van der Waals surface area contributed by atoms with Crippen LogP contribution in [0.15, 0.2) is 15.0 Å². The summed E-state index contributed by atoms with van der Waals surface area (Å²) in [5.74, 6) is -0.716. The molecule has 1 fully saturated rings. The Morgan fingerprint density at radius 1 is 1.23 bits per heavy atom. The van der Waals surface area contributed by atoms with Gasteiger partial charge in [-0.25, -0.2) is 26.9 Å². The molecule has 13 heteroatoms. The average Bonchev–Trinajstić information content (AvgIpc) is 2.95. The fraction of sp³-hybridized carbons (Fsp3) is 0.800. The quantitative estimate of drug-likeness (QED) is 0.123. The molecular weight excluding hydrogens is 671 g/mol. The number of rotatable bonds is 15. The standard InChI is InChI=1S/C30H52BrFN4O4S2Si/c1-10-43(11-2,12-3)23-20-24(31)35-27(26(23)32)30(9,36-41(37)28(4,5)6)22-42(38,29(7,8)21-33)34-17-15-19-40-25-16-13-14-18-39-25/h20,25,36H,10-19,22H2,1-9H3/t25?,30-,41+,42?/m0/s1. The van der Waals surface area contributed by atoms with Gasteiger partial charge in [-0.15, -0.1) is 0 Å². The Hall–Kier alpha value is -0.753. The second kappa shape index (κ2) is 15.7. The molecule has 2 rings (SSSR count). The van der Waals surface area contributed by atoms with E-state index in [1.165, 1.54) is 0 Å². The lowest BCUT2D eigenvalue weighted by Gasteiger charge is -2.37. The molecule has 0 amide bonds. The normalized spacial score (nSPS) is 20.1. The van der Waals surface area contributed by atoms with Crippen LogP contribution in [0.5, 0.6) is 0 Å². The molecule has 0 bridgehead atoms. The first-order valence-corrected chi connectivity index (χ1v) is 21.6. The molecule has 0 saturated carbocycles. The lowest BCUT2D eigenvalue weighted by atomic mass is 10.0. The van der Waals surface area contributed by atoms with Gasteiger partial charge in [-0.1, -0.05) is 38.9 Å². The van der Waals surface area contributed by atoms with Crippen LogP contribution in [0.4, 0.5) is 4.39 Å². The van der Waals surface area contributed by atoms with E-state index in [2.05, 4.69) is 56.8 Å². The molecule has 1 aromatic heterocycles. The molecular formula is C30H52BrFN4O4S2Si. The van der Waals surface area contributed by atoms with Gasteiger partial charge in [0.15, 0.2) is 6.29 Å². The Morgan fingerprint density at radius 2 is 1.86 bits per heavy atom. The number of hydrogen-bond acceptors (Lipinski definition) is 7. The molecule has 0 radical (unpaired) electrons. The maximum absolute atomic E-state index is 16.8. The number of nitrogens with one attached hydrogen (secondary N) is 1. The highest BCUT2D eigenvalue weighted by Gasteiger charge is 2.46. The molecule has 4 atom stereocenters. The first-order chi connectivity index (χ1) is 19.9. The molecule has 246 valence electrons. The molecule has 1 aliphatic rings. The Bertz CT molecular complexity index is 1280. The molecule has 1 saturated heterocycles. The van der Waals surface area contributed by atoms with E-state index in [0.717, 1.165) is 37.4 Å². The maximum atomic E-state index is 16.8. The summed E-state index contributed by atoms with van der Waals surface area (Å²) in [6.07, 6.45) is 3.18. The predicted octanol–water partition coefficient (Wildman–Crippen LogP) is 6.67. The number of hydrogen-bond donors (Lipinski definition) is 1. The van der Waals surface area contributed by atoms with Gasteiger partial charge in [-0.05, 0) is 94.4 Å². The van der Waals surface area contributed by atoms with E-state index >= 15 is 4.39 Å². The third-order valence-corrected chi connectivity index (χ3v) is 19.5. The van der Waals surface area contributed by atoms with Crippen molar-refractivity contribution in [3.63, 3.8) is 0 Å². The van der Waals surface area contributed by atoms with Crippen LogP contribution in [0.1, 0.15) is 93.7 Å². The first kappa shape index (κ1) is 38.4. The fourth-order valence-corrected chi connectivity index (χ4v) is 12.9. The monoisotopic (exact) mass is 722 g/mol. The average molecular weight is 724 g/mol. The smallest absolute Gasteiger partial charge is 0.157 e. The minimum absolute atomic E-state index is 0.0381. The summed E-state index contributed by atoms with van der Waals surface area (Å²) in [7, 11) is -7.24. The summed E-state index contributed by atoms with van der Waals surface area (Å²) in [6, 6.07) is 6.52. The molecule has 0 spiro atoms. The summed E-state index contributed by atoms with van der Waals surface area (Å²) in [6.45, 7) is 17.8. The van der Waals surface area contributed by atoms with Crippen molar-refractivity contribution in [3.05, 3.63) is 22.2 Å². The third kappa shape index (κ3) is 9.39. The van der Waals surface area contributed by atoms with Gasteiger partial charge in [0.25, 0.3) is 0 Å². The van der Waals surface area contributed by atoms with Gasteiger partial charge in [-0.3, -0.25) is 0 Å². The van der Waals surface area contributed by atoms with Gasteiger partial charge in [0.2, 0.25) is 0 Å². The SMILES string of the molecule is CC[Si](CC)(CC)c1cc(Br)nc([C@](C)(CS(=O)(=NCCCOC2CCCCO2)C(C)(C)C#N)N[S@](=O)C(C)(C)C)c1F. The molecule has 2 unspecified atom stereocenters. The summed E-state index contributed by atoms with van der Waals surface area (Å²) >= 11 is 3.52. The van der Waals surface area contributed by atoms with Gasteiger partial charge < -0.3 is 9.47 Å². The number of ether oxygens (including phenoxy) is 2. The lowest BCUT2D eigenvalue weighted by Crippen LogP contribution is -2.55. The number of pyridine rings is 1. The molecule has 1 aromatic rings. The van der Waals surface area contributed by atoms with E-state index in [-0.39, 0.29) is 24.3 Å². The van der Waals surface area contributed by atoms with Gasteiger partial charge in [-0.2, -0.15) is 5.26 Å². The van der Waals surface area contributed by atoms with Crippen LogP contribution in [-0.4, -0.2) is 62.8 Å². The van der Waals surface area contributed by atoms with Crippen LogP contribution in [0.3, 0.4) is 0 Å². The van der Waals surface area contributed by atoms with E-state index in [0.29, 0.717) is 29.4 Å². The summed E-state index contributed by atoms with van der Waals surface area (Å²) in [5.41, 5.74) is -1.44. The topological polar surface area (TPSA) is 114 Å². The van der Waals surface area contributed by atoms with Crippen LogP contribution in [0.25, 0.3) is 0 Å². The van der Waals surface area contributed by atoms with E-state index in [4.69, 9.17) is 9.47 Å². The zero-order chi connectivity index (χ0) is 32.7. The van der Waals surface area contributed by atoms with Gasteiger partial charge in [0.05, 0.1) is 69.7 Å². The minimum Gasteiger partial charge on any atom is -0.353 e. The summed E-state index contributed by atoms with van der Waals surface area (Å²) < 4.78 is 62.8. The van der Waals surface area contributed by atoms with E-state index < -0.39 is 49.6 Å². The number of nitriles is 1. The van der Waals surface area contributed by atoms with Crippen LogP contribution >= 0.6 is 15.9 Å². The van der Waals surface area contributed by atoms with Crippen molar-refractivity contribution in [1.29, 1.82) is 5.26 Å². The van der Waals surface area contributed by atoms with Crippen molar-refractivity contribution in [2.24, 2.45) is 4.36 Å². The van der Waals surface area contributed by atoms with Crippen LogP contribution in [0, 0.1) is 17.1 Å². The van der Waals surface area contributed by atoms with E-state index in [9.17, 15) is 13.7 Å². The van der Waals surface area contributed by atoms with Crippen molar-refractivity contribution in [3.8, 4) is 6.07 Å². The predicted molar refractivity (Wildman–Crippen MR) is 181 cm³/mol. The Balaban J connectivity index is 2.65. The molecule has 2 heterocycles. The Kier molecular flexibility index (Phi) is 14.0. The lowest BCUT2D eigenvalue weighted by molar-refractivity contribution is -0.162. The zero-order valence-corrected chi connectivity index (χ0v) is 31.7. The van der Waals surface area contributed by atoms with Crippen LogP contribution in [0.2, 0.25) is 18.1 Å². The molecule has 0 aliphatic carbocycles. The molecule has 0 aromatic carbocycles. The molecule has 43 heavy (non-hydrogen) atoms. The van der Waals surface area contributed by atoms with Crippen LogP contribution in [-0.2, 0) is 35.7 Å². The van der Waals surface area contributed by atoms with Gasteiger partial charge in [0.1, 0.15) is 15.2 Å². The second-order valence-corrected chi connectivity index (χ2v) is 23.9. The summed E-state index contributed by atoms with van der Waals surface area (Å²) in [5, 5.41) is 10.8. The van der Waals surface area contributed by atoms with Crippen LogP contribution < -0.4 is 9.91 Å². The van der Waals surface area contributed by atoms with Crippen molar-refractivity contribution in [1.82, 2.24) is 9.71 Å². The number of aromatic nitrogens is 1. The number of nitrogens with zero attached hydrogens (tertiary/aromatic N) is 3. The van der Waals surface area contributed by atoms with E-state index in [1.54, 1.807) is 26.8 Å². The Morgan fingerprint density at radius 3 is 2.37 bits per heavy atom. The van der Waals surface area contributed by atoms with Crippen molar-refractivity contribution in [2.45, 2.75) is 127 Å². The highest BCUT2D eigenvalue weighted by molar-refractivity contribution is 9.10. The minimum atomic E-state index is -3.34. The fourth-order valence-electron chi connectivity index (χ4n) is 5.26. The number of halogens is 2. The Labute approximate surface area is 271 Å². The zero-order valence-electron chi connectivity index (χ0n) is 27.5. The molecule has 1 N–H and O–H groups in total. The third-order valence-electron chi connectivity index (χ3n) is 8.52. The van der Waals surface area contributed by atoms with Crippen molar-refractivity contribution < 1.29 is 22.3 Å². The second-order valence-electron chi connectivity index (χ2n) is 13.1. The maximum Gasteiger partial charge on any atom is 0.157 e. The highest BCUT2D eigenvalue weighted by atomic mass is 79.9. The molecule has 8 nitrogen and oxygen atoms in total. The summed E-state index contributed by atoms with van der Waals surface area (Å²) in [4.78, 5) is 4.59.